The summed E-state index contributed by atoms with van der Waals surface area (Å²) in [5.74, 6) is 0.851. The summed E-state index contributed by atoms with van der Waals surface area (Å²) in [7, 11) is 0. The van der Waals surface area contributed by atoms with Crippen molar-refractivity contribution < 1.29 is 0 Å². The summed E-state index contributed by atoms with van der Waals surface area (Å²) in [6.45, 7) is 18.9. The van der Waals surface area contributed by atoms with E-state index in [1.54, 1.807) is 0 Å². The van der Waals surface area contributed by atoms with Gasteiger partial charge in [-0.2, -0.15) is 0 Å². The first-order valence-electron chi connectivity index (χ1n) is 9.52. The normalized spacial score (nSPS) is 13.2. The molecule has 1 rings (SSSR count). The van der Waals surface area contributed by atoms with Gasteiger partial charge in [0.05, 0.1) is 0 Å². The maximum Gasteiger partial charge on any atom is 0.00781 e. The Hall–Kier alpha value is -1.73. The highest BCUT2D eigenvalue weighted by atomic mass is 32.1. The zero-order valence-electron chi connectivity index (χ0n) is 17.1. The van der Waals surface area contributed by atoms with Crippen LogP contribution in [0.3, 0.4) is 0 Å². The van der Waals surface area contributed by atoms with Gasteiger partial charge in [0, 0.05) is 5.92 Å². The van der Waals surface area contributed by atoms with Crippen LogP contribution in [0.15, 0.2) is 66.8 Å². The number of aryl methyl sites for hydroxylation is 1. The molecule has 1 aromatic rings. The van der Waals surface area contributed by atoms with Gasteiger partial charge < -0.3 is 0 Å². The minimum Gasteiger partial charge on any atom is -0.0992 e. The van der Waals surface area contributed by atoms with Gasteiger partial charge in [0.25, 0.3) is 0 Å². The molecular weight excluding hydrogens is 332 g/mol. The maximum atomic E-state index is 5.29. The van der Waals surface area contributed by atoms with Gasteiger partial charge in [-0.15, -0.1) is 0 Å². The average molecular weight is 367 g/mol. The SMILES string of the molecule is C=C/C=C(\C=C/Cc1c(C)cccc1C(C)C)CCC(=C)C(C)C(C)=S. The molecule has 0 saturated carbocycles. The van der Waals surface area contributed by atoms with Crippen LogP contribution in [-0.4, -0.2) is 4.86 Å². The number of allylic oxidation sites excluding steroid dienone is 6. The lowest BCUT2D eigenvalue weighted by Gasteiger charge is -2.15. The Balaban J connectivity index is 2.81. The number of hydrogen-bond donors (Lipinski definition) is 0. The van der Waals surface area contributed by atoms with E-state index in [0.29, 0.717) is 11.8 Å². The van der Waals surface area contributed by atoms with Crippen LogP contribution in [-0.2, 0) is 6.42 Å². The van der Waals surface area contributed by atoms with Crippen LogP contribution < -0.4 is 0 Å². The summed E-state index contributed by atoms with van der Waals surface area (Å²) in [6.07, 6.45) is 11.4. The third-order valence-corrected chi connectivity index (χ3v) is 5.36. The molecule has 0 saturated heterocycles. The number of hydrogen-bond acceptors (Lipinski definition) is 1. The Morgan fingerprint density at radius 3 is 2.46 bits per heavy atom. The van der Waals surface area contributed by atoms with Gasteiger partial charge in [-0.05, 0) is 66.2 Å². The molecule has 0 aliphatic carbocycles. The molecule has 0 fully saturated rings. The van der Waals surface area contributed by atoms with Gasteiger partial charge >= 0.3 is 0 Å². The zero-order valence-corrected chi connectivity index (χ0v) is 18.0. The number of rotatable bonds is 10. The fraction of sp³-hybridized carbons (Fsp3) is 0.400. The smallest absolute Gasteiger partial charge is 0.00781 e. The van der Waals surface area contributed by atoms with E-state index < -0.39 is 0 Å². The molecule has 0 amide bonds. The van der Waals surface area contributed by atoms with Crippen LogP contribution in [0.4, 0.5) is 0 Å². The summed E-state index contributed by atoms with van der Waals surface area (Å²) >= 11 is 5.29. The molecule has 0 aliphatic heterocycles. The van der Waals surface area contributed by atoms with Crippen molar-refractivity contribution >= 4 is 17.1 Å². The second kappa shape index (κ2) is 11.1. The van der Waals surface area contributed by atoms with E-state index in [1.807, 2.05) is 13.0 Å². The van der Waals surface area contributed by atoms with Gasteiger partial charge in [-0.1, -0.05) is 94.2 Å². The molecule has 1 unspecified atom stereocenters. The second-order valence-electron chi connectivity index (χ2n) is 7.37. The van der Waals surface area contributed by atoms with E-state index >= 15 is 0 Å². The quantitative estimate of drug-likeness (QED) is 0.232. The third-order valence-electron chi connectivity index (χ3n) is 5.01. The van der Waals surface area contributed by atoms with Crippen LogP contribution in [0.2, 0.25) is 0 Å². The Morgan fingerprint density at radius 1 is 1.19 bits per heavy atom. The monoisotopic (exact) mass is 366 g/mol. The molecule has 1 heteroatoms. The van der Waals surface area contributed by atoms with E-state index in [2.05, 4.69) is 77.3 Å². The van der Waals surface area contributed by atoms with Crippen molar-refractivity contribution in [1.82, 2.24) is 0 Å². The van der Waals surface area contributed by atoms with Gasteiger partial charge in [-0.25, -0.2) is 0 Å². The molecule has 0 heterocycles. The lowest BCUT2D eigenvalue weighted by atomic mass is 9.91. The fourth-order valence-corrected chi connectivity index (χ4v) is 3.22. The summed E-state index contributed by atoms with van der Waals surface area (Å²) in [5, 5.41) is 0. The van der Waals surface area contributed by atoms with Gasteiger partial charge in [0.1, 0.15) is 0 Å². The molecule has 0 N–H and O–H groups in total. The largest absolute Gasteiger partial charge is 0.0992 e. The molecule has 0 aromatic heterocycles. The lowest BCUT2D eigenvalue weighted by Crippen LogP contribution is -2.06. The maximum absolute atomic E-state index is 5.29. The first-order valence-corrected chi connectivity index (χ1v) is 9.93. The molecular formula is C25H34S. The highest BCUT2D eigenvalue weighted by molar-refractivity contribution is 7.80. The Kier molecular flexibility index (Phi) is 9.51. The summed E-state index contributed by atoms with van der Waals surface area (Å²) in [5.41, 5.74) is 6.76. The van der Waals surface area contributed by atoms with Crippen molar-refractivity contribution in [2.24, 2.45) is 5.92 Å². The molecule has 0 nitrogen and oxygen atoms in total. The topological polar surface area (TPSA) is 0 Å². The summed E-state index contributed by atoms with van der Waals surface area (Å²) in [6, 6.07) is 6.61. The van der Waals surface area contributed by atoms with Gasteiger partial charge in [0.15, 0.2) is 0 Å². The van der Waals surface area contributed by atoms with E-state index in [4.69, 9.17) is 12.2 Å². The molecule has 0 radical (unpaired) electrons. The highest BCUT2D eigenvalue weighted by Crippen LogP contribution is 2.24. The first kappa shape index (κ1) is 22.3. The summed E-state index contributed by atoms with van der Waals surface area (Å²) in [4.78, 5) is 1.01. The second-order valence-corrected chi connectivity index (χ2v) is 8.02. The standard InChI is InChI=1S/C25H34S/c1-8-11-23(17-16-19(4)21(6)22(7)26)13-10-15-25-20(5)12-9-14-24(25)18(2)3/h8-14,18,21H,1,4,15-17H2,2-3,5-7H3/b13-10-,23-11+. The van der Waals surface area contributed by atoms with Crippen LogP contribution in [0.5, 0.6) is 0 Å². The summed E-state index contributed by atoms with van der Waals surface area (Å²) < 4.78 is 0. The Morgan fingerprint density at radius 2 is 1.88 bits per heavy atom. The highest BCUT2D eigenvalue weighted by Gasteiger charge is 2.09. The molecule has 0 bridgehead atoms. The Labute approximate surface area is 166 Å². The van der Waals surface area contributed by atoms with Gasteiger partial charge in [0.2, 0.25) is 0 Å². The van der Waals surface area contributed by atoms with Crippen molar-refractivity contribution in [3.05, 3.63) is 83.5 Å². The van der Waals surface area contributed by atoms with E-state index in [9.17, 15) is 0 Å². The first-order chi connectivity index (χ1) is 12.3. The van der Waals surface area contributed by atoms with Crippen molar-refractivity contribution in [2.75, 3.05) is 0 Å². The van der Waals surface area contributed by atoms with Crippen molar-refractivity contribution in [3.63, 3.8) is 0 Å². The molecule has 0 spiro atoms. The molecule has 140 valence electrons. The molecule has 1 atom stereocenters. The van der Waals surface area contributed by atoms with E-state index in [1.165, 1.54) is 27.8 Å². The molecule has 0 aliphatic rings. The van der Waals surface area contributed by atoms with Crippen LogP contribution in [0.1, 0.15) is 63.1 Å². The van der Waals surface area contributed by atoms with Crippen LogP contribution in [0.25, 0.3) is 0 Å². The minimum atomic E-state index is 0.305. The average Bonchev–Trinajstić information content (AvgIpc) is 2.59. The predicted octanol–water partition coefficient (Wildman–Crippen LogP) is 7.69. The number of thiocarbonyl (C=S) groups is 1. The van der Waals surface area contributed by atoms with Crippen molar-refractivity contribution in [3.8, 4) is 0 Å². The van der Waals surface area contributed by atoms with E-state index in [0.717, 1.165) is 24.1 Å². The van der Waals surface area contributed by atoms with Crippen LogP contribution in [0, 0.1) is 12.8 Å². The third kappa shape index (κ3) is 6.88. The molecule has 1 aromatic carbocycles. The van der Waals surface area contributed by atoms with Crippen molar-refractivity contribution in [2.45, 2.75) is 59.8 Å². The zero-order chi connectivity index (χ0) is 19.7. The predicted molar refractivity (Wildman–Crippen MR) is 122 cm³/mol. The lowest BCUT2D eigenvalue weighted by molar-refractivity contribution is 0.816. The minimum absolute atomic E-state index is 0.305. The molecule has 26 heavy (non-hydrogen) atoms. The van der Waals surface area contributed by atoms with Gasteiger partial charge in [-0.3, -0.25) is 0 Å². The van der Waals surface area contributed by atoms with Crippen LogP contribution >= 0.6 is 12.2 Å². The number of benzene rings is 1. The fourth-order valence-electron chi connectivity index (χ4n) is 3.06. The van der Waals surface area contributed by atoms with Crippen molar-refractivity contribution in [1.29, 1.82) is 0 Å². The Bertz CT molecular complexity index is 701. The van der Waals surface area contributed by atoms with E-state index in [-0.39, 0.29) is 0 Å².